The van der Waals surface area contributed by atoms with Gasteiger partial charge >= 0.3 is 0 Å². The summed E-state index contributed by atoms with van der Waals surface area (Å²) < 4.78 is 39.5. The van der Waals surface area contributed by atoms with Crippen LogP contribution in [-0.2, 0) is 6.42 Å². The van der Waals surface area contributed by atoms with Crippen LogP contribution in [0, 0.1) is 11.6 Å². The topological polar surface area (TPSA) is 12.0 Å². The van der Waals surface area contributed by atoms with Gasteiger partial charge in [0.2, 0.25) is 0 Å². The smallest absolute Gasteiger partial charge is 0.129 e. The van der Waals surface area contributed by atoms with Gasteiger partial charge in [-0.3, -0.25) is 0 Å². The molecule has 0 amide bonds. The van der Waals surface area contributed by atoms with Crippen LogP contribution in [0.1, 0.15) is 26.3 Å². The van der Waals surface area contributed by atoms with E-state index < -0.39 is 17.8 Å². The van der Waals surface area contributed by atoms with Crippen molar-refractivity contribution in [1.29, 1.82) is 0 Å². The van der Waals surface area contributed by atoms with Crippen molar-refractivity contribution in [2.24, 2.45) is 0 Å². The molecule has 0 aromatic heterocycles. The average molecular weight is 245 g/mol. The van der Waals surface area contributed by atoms with Crippen molar-refractivity contribution in [3.05, 3.63) is 35.4 Å². The summed E-state index contributed by atoms with van der Waals surface area (Å²) in [5, 5.41) is 3.00. The van der Waals surface area contributed by atoms with Gasteiger partial charge in [-0.25, -0.2) is 13.2 Å². The van der Waals surface area contributed by atoms with Gasteiger partial charge in [-0.2, -0.15) is 0 Å². The molecule has 0 heterocycles. The van der Waals surface area contributed by atoms with Gasteiger partial charge in [-0.05, 0) is 32.4 Å². The molecular formula is C13H18F3N. The molecule has 0 radical (unpaired) electrons. The lowest BCUT2D eigenvalue weighted by molar-refractivity contribution is 0.282. The Morgan fingerprint density at radius 1 is 1.24 bits per heavy atom. The number of nitrogens with one attached hydrogen (secondary N) is 1. The van der Waals surface area contributed by atoms with Crippen LogP contribution in [0.2, 0.25) is 0 Å². The zero-order valence-electron chi connectivity index (χ0n) is 10.4. The molecule has 1 nitrogen and oxygen atoms in total. The maximum atomic E-state index is 13.6. The van der Waals surface area contributed by atoms with Gasteiger partial charge in [0.25, 0.3) is 0 Å². The maximum absolute atomic E-state index is 13.6. The number of halogens is 3. The third kappa shape index (κ3) is 5.22. The number of alkyl halides is 1. The quantitative estimate of drug-likeness (QED) is 0.858. The minimum absolute atomic E-state index is 0.0464. The van der Waals surface area contributed by atoms with Gasteiger partial charge in [0.1, 0.15) is 17.8 Å². The van der Waals surface area contributed by atoms with Crippen molar-refractivity contribution in [3.63, 3.8) is 0 Å². The van der Waals surface area contributed by atoms with Crippen LogP contribution in [-0.4, -0.2) is 18.3 Å². The van der Waals surface area contributed by atoms with E-state index in [1.807, 2.05) is 20.8 Å². The average Bonchev–Trinajstić information content (AvgIpc) is 2.18. The highest BCUT2D eigenvalue weighted by atomic mass is 19.1. The van der Waals surface area contributed by atoms with Crippen LogP contribution in [0.4, 0.5) is 13.2 Å². The number of benzene rings is 1. The first-order chi connectivity index (χ1) is 7.78. The molecule has 0 aliphatic rings. The number of rotatable bonds is 4. The van der Waals surface area contributed by atoms with E-state index in [9.17, 15) is 13.2 Å². The van der Waals surface area contributed by atoms with Gasteiger partial charge in [0.15, 0.2) is 0 Å². The van der Waals surface area contributed by atoms with Gasteiger partial charge in [-0.1, -0.05) is 6.07 Å². The standard InChI is InChI=1S/C13H18F3N/c1-13(2,3)17-8-11(15)6-9-4-5-10(14)7-12(9)16/h4-5,7,11,17H,6,8H2,1-3H3. The molecule has 1 unspecified atom stereocenters. The summed E-state index contributed by atoms with van der Waals surface area (Å²) in [6.07, 6.45) is -1.23. The van der Waals surface area contributed by atoms with Crippen molar-refractivity contribution in [3.8, 4) is 0 Å². The van der Waals surface area contributed by atoms with Crippen LogP contribution >= 0.6 is 0 Å². The Morgan fingerprint density at radius 3 is 2.41 bits per heavy atom. The van der Waals surface area contributed by atoms with Crippen molar-refractivity contribution in [2.45, 2.75) is 38.9 Å². The molecule has 4 heteroatoms. The van der Waals surface area contributed by atoms with Gasteiger partial charge < -0.3 is 5.32 Å². The second-order valence-corrected chi connectivity index (χ2v) is 5.17. The SMILES string of the molecule is CC(C)(C)NCC(F)Cc1ccc(F)cc1F. The Kier molecular flexibility index (Phi) is 4.57. The largest absolute Gasteiger partial charge is 0.309 e. The molecule has 1 atom stereocenters. The summed E-state index contributed by atoms with van der Waals surface area (Å²) in [6.45, 7) is 5.94. The molecule has 96 valence electrons. The molecule has 1 aromatic rings. The summed E-state index contributed by atoms with van der Waals surface area (Å²) in [5.41, 5.74) is 0.0284. The summed E-state index contributed by atoms with van der Waals surface area (Å²) in [7, 11) is 0. The van der Waals surface area contributed by atoms with E-state index in [0.29, 0.717) is 0 Å². The lowest BCUT2D eigenvalue weighted by atomic mass is 10.1. The minimum Gasteiger partial charge on any atom is -0.309 e. The van der Waals surface area contributed by atoms with Gasteiger partial charge in [0.05, 0.1) is 0 Å². The second kappa shape index (κ2) is 5.54. The second-order valence-electron chi connectivity index (χ2n) is 5.17. The van der Waals surface area contributed by atoms with E-state index in [-0.39, 0.29) is 24.1 Å². The van der Waals surface area contributed by atoms with Crippen LogP contribution < -0.4 is 5.32 Å². The molecule has 0 saturated heterocycles. The van der Waals surface area contributed by atoms with E-state index in [1.54, 1.807) is 0 Å². The summed E-state index contributed by atoms with van der Waals surface area (Å²) in [5.74, 6) is -1.34. The fourth-order valence-electron chi connectivity index (χ4n) is 1.41. The molecule has 1 N–H and O–H groups in total. The predicted octanol–water partition coefficient (Wildman–Crippen LogP) is 3.23. The lowest BCUT2D eigenvalue weighted by Gasteiger charge is -2.22. The first-order valence-corrected chi connectivity index (χ1v) is 5.61. The summed E-state index contributed by atoms with van der Waals surface area (Å²) in [6, 6.07) is 3.20. The predicted molar refractivity (Wildman–Crippen MR) is 62.7 cm³/mol. The number of hydrogen-bond acceptors (Lipinski definition) is 1. The van der Waals surface area contributed by atoms with Crippen molar-refractivity contribution < 1.29 is 13.2 Å². The zero-order chi connectivity index (χ0) is 13.1. The van der Waals surface area contributed by atoms with Gasteiger partial charge in [0, 0.05) is 24.6 Å². The zero-order valence-corrected chi connectivity index (χ0v) is 10.4. The molecule has 0 fully saturated rings. The van der Waals surface area contributed by atoms with E-state index in [0.717, 1.165) is 12.1 Å². The first kappa shape index (κ1) is 14.0. The van der Waals surface area contributed by atoms with Crippen LogP contribution in [0.3, 0.4) is 0 Å². The molecule has 17 heavy (non-hydrogen) atoms. The molecule has 1 aromatic carbocycles. The Balaban J connectivity index is 2.53. The molecule has 1 rings (SSSR count). The number of hydrogen-bond donors (Lipinski definition) is 1. The van der Waals surface area contributed by atoms with E-state index in [1.165, 1.54) is 6.07 Å². The van der Waals surface area contributed by atoms with Gasteiger partial charge in [-0.15, -0.1) is 0 Å². The van der Waals surface area contributed by atoms with Crippen molar-refractivity contribution >= 4 is 0 Å². The minimum atomic E-state index is -1.19. The Morgan fingerprint density at radius 2 is 1.88 bits per heavy atom. The Bertz CT molecular complexity index is 371. The third-order valence-electron chi connectivity index (χ3n) is 2.31. The molecule has 0 bridgehead atoms. The van der Waals surface area contributed by atoms with E-state index in [2.05, 4.69) is 5.32 Å². The van der Waals surface area contributed by atoms with Crippen LogP contribution in [0.15, 0.2) is 18.2 Å². The molecule has 0 aliphatic heterocycles. The third-order valence-corrected chi connectivity index (χ3v) is 2.31. The normalized spacial score (nSPS) is 13.8. The van der Waals surface area contributed by atoms with E-state index in [4.69, 9.17) is 0 Å². The lowest BCUT2D eigenvalue weighted by Crippen LogP contribution is -2.40. The Hall–Kier alpha value is -1.03. The summed E-state index contributed by atoms with van der Waals surface area (Å²) >= 11 is 0. The fraction of sp³-hybridized carbons (Fsp3) is 0.538. The molecule has 0 spiro atoms. The monoisotopic (exact) mass is 245 g/mol. The Labute approximate surface area is 100 Å². The highest BCUT2D eigenvalue weighted by molar-refractivity contribution is 5.19. The fourth-order valence-corrected chi connectivity index (χ4v) is 1.41. The van der Waals surface area contributed by atoms with Crippen molar-refractivity contribution in [2.75, 3.05) is 6.54 Å². The summed E-state index contributed by atoms with van der Waals surface area (Å²) in [4.78, 5) is 0. The van der Waals surface area contributed by atoms with Crippen LogP contribution in [0.25, 0.3) is 0 Å². The highest BCUT2D eigenvalue weighted by Crippen LogP contribution is 2.13. The first-order valence-electron chi connectivity index (χ1n) is 5.61. The van der Waals surface area contributed by atoms with Crippen LogP contribution in [0.5, 0.6) is 0 Å². The maximum Gasteiger partial charge on any atom is 0.129 e. The molecule has 0 aliphatic carbocycles. The van der Waals surface area contributed by atoms with Crippen molar-refractivity contribution in [1.82, 2.24) is 5.32 Å². The molecular weight excluding hydrogens is 227 g/mol. The molecule has 0 saturated carbocycles. The van der Waals surface area contributed by atoms with E-state index >= 15 is 0 Å². The highest BCUT2D eigenvalue weighted by Gasteiger charge is 2.15.